The molecule has 2 N–H and O–H groups in total. The number of nitrogens with zero attached hydrogens (tertiary/aromatic N) is 2. The number of halogens is 2. The number of phenolic OH excluding ortho intramolecular Hbond substituents is 1. The summed E-state index contributed by atoms with van der Waals surface area (Å²) < 4.78 is 15.0. The summed E-state index contributed by atoms with van der Waals surface area (Å²) in [6.07, 6.45) is 7.00. The first-order valence-corrected chi connectivity index (χ1v) is 13.6. The molecule has 1 aliphatic rings. The number of aromatic hydroxyl groups is 1. The smallest absolute Gasteiger partial charge is 0.266 e. The van der Waals surface area contributed by atoms with Gasteiger partial charge in [-0.2, -0.15) is 0 Å². The number of aryl methyl sites for hydroxylation is 1. The lowest BCUT2D eigenvalue weighted by atomic mass is 9.89. The minimum Gasteiger partial charge on any atom is -0.508 e. The molecule has 2 aromatic heterocycles. The van der Waals surface area contributed by atoms with E-state index in [1.165, 1.54) is 6.07 Å². The molecular weight excluding hydrogens is 509 g/mol. The zero-order valence-corrected chi connectivity index (χ0v) is 22.4. The molecule has 0 unspecified atom stereocenters. The Morgan fingerprint density at radius 1 is 1.14 bits per heavy atom. The molecule has 0 spiro atoms. The Balaban J connectivity index is 1.54. The van der Waals surface area contributed by atoms with Crippen molar-refractivity contribution in [3.8, 4) is 16.9 Å². The molecule has 0 bridgehead atoms. The maximum Gasteiger partial charge on any atom is 0.266 e. The van der Waals surface area contributed by atoms with Crippen molar-refractivity contribution < 1.29 is 14.3 Å². The molecule has 192 valence electrons. The van der Waals surface area contributed by atoms with Crippen LogP contribution in [0.1, 0.15) is 46.5 Å². The van der Waals surface area contributed by atoms with E-state index in [4.69, 9.17) is 11.6 Å². The van der Waals surface area contributed by atoms with Crippen molar-refractivity contribution >= 4 is 38.9 Å². The highest BCUT2D eigenvalue weighted by Gasteiger charge is 2.32. The first-order chi connectivity index (χ1) is 17.9. The largest absolute Gasteiger partial charge is 0.508 e. The summed E-state index contributed by atoms with van der Waals surface area (Å²) >= 11 is 7.83. The molecule has 4 aromatic rings. The number of hydrogen-bond acceptors (Lipinski definition) is 5. The molecule has 2 aromatic carbocycles. The van der Waals surface area contributed by atoms with Gasteiger partial charge in [0.1, 0.15) is 16.4 Å². The Kier molecular flexibility index (Phi) is 7.47. The van der Waals surface area contributed by atoms with Gasteiger partial charge in [-0.25, -0.2) is 4.39 Å². The molecule has 1 saturated carbocycles. The maximum absolute atomic E-state index is 14.6. The SMILES string of the molecule is CNC1CCC(N(Cc2cc(-c3ccncc3)ccc2O)C(=O)c2sc3c(F)ccc(C)c3c2Cl)CC1. The summed E-state index contributed by atoms with van der Waals surface area (Å²) in [5, 5.41) is 15.0. The maximum atomic E-state index is 14.6. The van der Waals surface area contributed by atoms with Crippen LogP contribution in [0.25, 0.3) is 21.2 Å². The van der Waals surface area contributed by atoms with Crippen LogP contribution in [-0.2, 0) is 6.54 Å². The number of carbonyl (C=O) groups excluding carboxylic acids is 1. The van der Waals surface area contributed by atoms with Gasteiger partial charge in [0, 0.05) is 42.0 Å². The van der Waals surface area contributed by atoms with Crippen molar-refractivity contribution in [2.75, 3.05) is 7.05 Å². The van der Waals surface area contributed by atoms with E-state index in [-0.39, 0.29) is 30.1 Å². The van der Waals surface area contributed by atoms with Gasteiger partial charge in [-0.1, -0.05) is 23.7 Å². The van der Waals surface area contributed by atoms with Crippen LogP contribution in [-0.4, -0.2) is 40.0 Å². The molecular formula is C29H29ClFN3O2S. The molecule has 0 radical (unpaired) electrons. The van der Waals surface area contributed by atoms with Crippen molar-refractivity contribution in [3.05, 3.63) is 81.7 Å². The van der Waals surface area contributed by atoms with Crippen molar-refractivity contribution in [2.45, 2.75) is 51.2 Å². The summed E-state index contributed by atoms with van der Waals surface area (Å²) in [6, 6.07) is 12.7. The summed E-state index contributed by atoms with van der Waals surface area (Å²) in [7, 11) is 1.96. The Hall–Kier alpha value is -3.00. The highest BCUT2D eigenvalue weighted by Crippen LogP contribution is 2.41. The first-order valence-electron chi connectivity index (χ1n) is 12.4. The van der Waals surface area contributed by atoms with Gasteiger partial charge in [0.25, 0.3) is 5.91 Å². The fourth-order valence-electron chi connectivity index (χ4n) is 5.22. The quantitative estimate of drug-likeness (QED) is 0.279. The van der Waals surface area contributed by atoms with Crippen LogP contribution in [0.15, 0.2) is 54.9 Å². The summed E-state index contributed by atoms with van der Waals surface area (Å²) in [5.41, 5.74) is 3.39. The molecule has 0 saturated heterocycles. The van der Waals surface area contributed by atoms with E-state index in [2.05, 4.69) is 10.3 Å². The average molecular weight is 538 g/mol. The molecule has 0 aliphatic heterocycles. The van der Waals surface area contributed by atoms with Gasteiger partial charge < -0.3 is 15.3 Å². The number of nitrogens with one attached hydrogen (secondary N) is 1. The predicted molar refractivity (Wildman–Crippen MR) is 148 cm³/mol. The third-order valence-electron chi connectivity index (χ3n) is 7.38. The number of phenols is 1. The second kappa shape index (κ2) is 10.8. The number of thiophene rings is 1. The van der Waals surface area contributed by atoms with E-state index in [9.17, 15) is 14.3 Å². The first kappa shape index (κ1) is 25.6. The second-order valence-corrected chi connectivity index (χ2v) is 11.0. The summed E-state index contributed by atoms with van der Waals surface area (Å²) in [6.45, 7) is 2.10. The normalized spacial score (nSPS) is 17.7. The number of aromatic nitrogens is 1. The zero-order valence-electron chi connectivity index (χ0n) is 20.8. The Labute approximate surface area is 224 Å². The lowest BCUT2D eigenvalue weighted by molar-refractivity contribution is 0.0605. The van der Waals surface area contributed by atoms with Gasteiger partial charge >= 0.3 is 0 Å². The molecule has 1 amide bonds. The molecule has 2 heterocycles. The van der Waals surface area contributed by atoms with Crippen molar-refractivity contribution in [2.24, 2.45) is 0 Å². The number of rotatable bonds is 6. The van der Waals surface area contributed by atoms with Crippen LogP contribution in [0.5, 0.6) is 5.75 Å². The lowest BCUT2D eigenvalue weighted by Gasteiger charge is -2.37. The van der Waals surface area contributed by atoms with Gasteiger partial charge in [0.15, 0.2) is 0 Å². The number of carbonyl (C=O) groups is 1. The van der Waals surface area contributed by atoms with Crippen molar-refractivity contribution in [1.82, 2.24) is 15.2 Å². The van der Waals surface area contributed by atoms with Crippen LogP contribution in [0.2, 0.25) is 5.02 Å². The standard InChI is InChI=1S/C29H29ClFN3O2S/c1-17-3-9-23(31)27-25(17)26(30)28(37-27)29(36)34(22-7-5-21(32-2)6-8-22)16-20-15-19(4-10-24(20)35)18-11-13-33-14-12-18/h3-4,9-15,21-22,32,35H,5-8,16H2,1-2H3. The van der Waals surface area contributed by atoms with Gasteiger partial charge in [0.2, 0.25) is 0 Å². The van der Waals surface area contributed by atoms with E-state index in [1.807, 2.05) is 43.1 Å². The van der Waals surface area contributed by atoms with Crippen LogP contribution in [0.4, 0.5) is 4.39 Å². The lowest BCUT2D eigenvalue weighted by Crippen LogP contribution is -2.44. The molecule has 5 rings (SSSR count). The number of benzene rings is 2. The number of hydrogen-bond donors (Lipinski definition) is 2. The predicted octanol–water partition coefficient (Wildman–Crippen LogP) is 6.94. The number of pyridine rings is 1. The monoisotopic (exact) mass is 537 g/mol. The van der Waals surface area contributed by atoms with Crippen LogP contribution in [0, 0.1) is 12.7 Å². The van der Waals surface area contributed by atoms with Crippen LogP contribution in [0.3, 0.4) is 0 Å². The highest BCUT2D eigenvalue weighted by atomic mass is 35.5. The van der Waals surface area contributed by atoms with Gasteiger partial charge in [0.05, 0.1) is 9.72 Å². The topological polar surface area (TPSA) is 65.5 Å². The Morgan fingerprint density at radius 2 is 1.86 bits per heavy atom. The molecule has 1 aliphatic carbocycles. The van der Waals surface area contributed by atoms with Gasteiger partial charge in [-0.05, 0) is 86.7 Å². The Morgan fingerprint density at radius 3 is 2.54 bits per heavy atom. The average Bonchev–Trinajstić information content (AvgIpc) is 3.29. The number of amides is 1. The number of fused-ring (bicyclic) bond motifs is 1. The third-order valence-corrected chi connectivity index (χ3v) is 9.05. The fourth-order valence-corrected chi connectivity index (χ4v) is 6.85. The molecule has 1 fully saturated rings. The van der Waals surface area contributed by atoms with E-state index >= 15 is 0 Å². The van der Waals surface area contributed by atoms with E-state index in [0.717, 1.165) is 53.7 Å². The van der Waals surface area contributed by atoms with Crippen molar-refractivity contribution in [1.29, 1.82) is 0 Å². The van der Waals surface area contributed by atoms with E-state index < -0.39 is 0 Å². The van der Waals surface area contributed by atoms with Crippen LogP contribution < -0.4 is 5.32 Å². The molecule has 5 nitrogen and oxygen atoms in total. The van der Waals surface area contributed by atoms with Crippen molar-refractivity contribution in [3.63, 3.8) is 0 Å². The minimum atomic E-state index is -0.379. The summed E-state index contributed by atoms with van der Waals surface area (Å²) in [4.78, 5) is 20.3. The Bertz CT molecular complexity index is 1430. The fraction of sp³-hybridized carbons (Fsp3) is 0.310. The molecule has 8 heteroatoms. The van der Waals surface area contributed by atoms with Gasteiger partial charge in [-0.15, -0.1) is 11.3 Å². The highest BCUT2D eigenvalue weighted by molar-refractivity contribution is 7.21. The zero-order chi connectivity index (χ0) is 26.1. The molecule has 0 atom stereocenters. The van der Waals surface area contributed by atoms with E-state index in [0.29, 0.717) is 31.6 Å². The third kappa shape index (κ3) is 5.08. The van der Waals surface area contributed by atoms with Crippen LogP contribution >= 0.6 is 22.9 Å². The van der Waals surface area contributed by atoms with Gasteiger partial charge in [-0.3, -0.25) is 9.78 Å². The van der Waals surface area contributed by atoms with E-state index in [1.54, 1.807) is 24.5 Å². The molecule has 37 heavy (non-hydrogen) atoms. The summed E-state index contributed by atoms with van der Waals surface area (Å²) in [5.74, 6) is -0.481. The second-order valence-electron chi connectivity index (χ2n) is 9.62. The minimum absolute atomic E-state index is 0.0201.